The lowest BCUT2D eigenvalue weighted by Gasteiger charge is -2.24. The number of anilines is 4. The first-order chi connectivity index (χ1) is 59.4. The molecule has 0 spiro atoms. The van der Waals surface area contributed by atoms with Crippen LogP contribution in [-0.2, 0) is 73.5 Å². The Kier molecular flexibility index (Phi) is 48.0. The van der Waals surface area contributed by atoms with Crippen molar-refractivity contribution in [3.63, 3.8) is 0 Å². The van der Waals surface area contributed by atoms with Gasteiger partial charge in [0.25, 0.3) is 19.3 Å². The summed E-state index contributed by atoms with van der Waals surface area (Å²) in [5.41, 5.74) is 15.8. The molecule has 25 nitrogen and oxygen atoms in total. The number of benzene rings is 2. The molecule has 0 saturated carbocycles. The van der Waals surface area contributed by atoms with Crippen LogP contribution in [0, 0.1) is 11.9 Å². The van der Waals surface area contributed by atoms with Crippen LogP contribution in [0.1, 0.15) is 117 Å². The summed E-state index contributed by atoms with van der Waals surface area (Å²) in [6, 6.07) is 39.8. The lowest BCUT2D eigenvalue weighted by atomic mass is 9.81. The Hall–Kier alpha value is -8.88. The summed E-state index contributed by atoms with van der Waals surface area (Å²) < 4.78 is 103. The number of aryl methyl sites for hydroxylation is 6. The number of nitrogens with zero attached hydrogens (tertiary/aromatic N) is 9. The fraction of sp³-hybridized carbons (Fsp3) is 0.489. The molecule has 6 aromatic heterocycles. The number of aromatic nitrogens is 6. The van der Waals surface area contributed by atoms with Crippen molar-refractivity contribution in [2.24, 2.45) is 11.7 Å². The minimum Gasteiger partial charge on any atom is -0.481 e. The van der Waals surface area contributed by atoms with E-state index in [1.807, 2.05) is 53.4 Å². The number of ether oxygens (including phenoxy) is 3. The maximum atomic E-state index is 12.5. The molecule has 0 bridgehead atoms. The highest BCUT2D eigenvalue weighted by atomic mass is 79.9. The molecule has 0 unspecified atom stereocenters. The lowest BCUT2D eigenvalue weighted by molar-refractivity contribution is -0.142. The first-order valence-corrected chi connectivity index (χ1v) is 43.4. The quantitative estimate of drug-likeness (QED) is 0.00733. The van der Waals surface area contributed by atoms with E-state index in [9.17, 15) is 55.3 Å². The maximum Gasteiger partial charge on any atom is 0.488 e. The maximum absolute atomic E-state index is 12.5. The highest BCUT2D eigenvalue weighted by Gasteiger charge is 2.24. The highest BCUT2D eigenvalue weighted by molar-refractivity contribution is 9.10. The van der Waals surface area contributed by atoms with Gasteiger partial charge in [0.05, 0.1) is 25.7 Å². The summed E-state index contributed by atoms with van der Waals surface area (Å²) in [6.45, 7) is 6.74. The van der Waals surface area contributed by atoms with E-state index in [-0.39, 0.29) is 19.8 Å². The van der Waals surface area contributed by atoms with Crippen molar-refractivity contribution < 1.29 is 84.7 Å². The number of unbranched alkanes of at least 4 members (excludes halogenated alkanes) is 3. The van der Waals surface area contributed by atoms with Gasteiger partial charge in [0.2, 0.25) is 5.95 Å². The molecule has 0 radical (unpaired) electrons. The second-order valence-corrected chi connectivity index (χ2v) is 31.6. The summed E-state index contributed by atoms with van der Waals surface area (Å²) in [5, 5.41) is 58.7. The fourth-order valence-electron chi connectivity index (χ4n) is 13.4. The van der Waals surface area contributed by atoms with Crippen molar-refractivity contribution in [1.82, 2.24) is 44.6 Å². The zero-order valence-corrected chi connectivity index (χ0v) is 72.5. The molecule has 11 N–H and O–H groups in total. The number of nitrogens with two attached hydrogens (primary N) is 1. The molecule has 9 heterocycles. The normalized spacial score (nSPS) is 13.3. The van der Waals surface area contributed by atoms with Crippen molar-refractivity contribution in [1.29, 1.82) is 0 Å². The van der Waals surface area contributed by atoms with E-state index in [1.54, 1.807) is 54.9 Å². The van der Waals surface area contributed by atoms with E-state index >= 15 is 0 Å². The van der Waals surface area contributed by atoms with Gasteiger partial charge in [0, 0.05) is 115 Å². The molecule has 2 aromatic carbocycles. The number of pyridine rings is 6. The van der Waals surface area contributed by atoms with Crippen LogP contribution in [0.2, 0.25) is 0 Å². The van der Waals surface area contributed by atoms with Crippen LogP contribution in [-0.4, -0.2) is 245 Å². The third kappa shape index (κ3) is 42.1. The van der Waals surface area contributed by atoms with Crippen molar-refractivity contribution in [3.05, 3.63) is 206 Å². The third-order valence-corrected chi connectivity index (χ3v) is 21.1. The van der Waals surface area contributed by atoms with Gasteiger partial charge in [0.15, 0.2) is 0 Å². The van der Waals surface area contributed by atoms with Crippen LogP contribution < -0.4 is 32.5 Å². The average Bonchev–Trinajstić information content (AvgIpc) is 0.852. The second kappa shape index (κ2) is 58.3. The molecule has 11 rings (SSSR count). The van der Waals surface area contributed by atoms with Crippen LogP contribution in [0.5, 0.6) is 0 Å². The Morgan fingerprint density at radius 1 is 0.463 bits per heavy atom. The summed E-state index contributed by atoms with van der Waals surface area (Å²) in [4.78, 5) is 67.3. The topological polar surface area (TPSA) is 341 Å². The van der Waals surface area contributed by atoms with Crippen molar-refractivity contribution in [2.45, 2.75) is 153 Å². The predicted octanol–water partition coefficient (Wildman–Crippen LogP) is 13.7. The summed E-state index contributed by atoms with van der Waals surface area (Å²) in [5.74, 6) is -0.459. The molecule has 8 aromatic rings. The van der Waals surface area contributed by atoms with Crippen LogP contribution in [0.4, 0.5) is 54.0 Å². The molecule has 0 fully saturated rings. The number of aliphatic carboxylic acids is 3. The van der Waals surface area contributed by atoms with E-state index in [0.29, 0.717) is 82.8 Å². The van der Waals surface area contributed by atoms with Gasteiger partial charge in [-0.2, -0.15) is 4.39 Å². The summed E-state index contributed by atoms with van der Waals surface area (Å²) in [6.07, 6.45) is 13.3. The molecule has 3 aliphatic rings. The summed E-state index contributed by atoms with van der Waals surface area (Å²) in [7, 11) is -1.34. The van der Waals surface area contributed by atoms with Crippen molar-refractivity contribution >= 4 is 85.6 Å². The Morgan fingerprint density at radius 2 is 0.894 bits per heavy atom. The molecular weight excluding hydrogens is 1730 g/mol. The van der Waals surface area contributed by atoms with Crippen LogP contribution in [0.15, 0.2) is 161 Å². The largest absolute Gasteiger partial charge is 0.488 e. The monoisotopic (exact) mass is 1850 g/mol. The smallest absolute Gasteiger partial charge is 0.481 e. The van der Waals surface area contributed by atoms with Gasteiger partial charge in [-0.05, 0) is 250 Å². The lowest BCUT2D eigenvalue weighted by Crippen LogP contribution is -2.37. The van der Waals surface area contributed by atoms with Crippen LogP contribution >= 0.6 is 31.9 Å². The minimum absolute atomic E-state index is 0.168. The Morgan fingerprint density at radius 3 is 1.27 bits per heavy atom. The number of hydrogen-bond acceptors (Lipinski definition) is 22. The minimum atomic E-state index is -2.50. The SMILES string of the molecule is Fc1ccc(Br)cn1.N[C@@H](CCN(CCCCc1ccc2c(n1)NCCC2)CCOCC(F)F)C(=O)O.O=C(O)[C@H](CCN(CCCCc1ccc2c(n1)NCCC2)CCOCC(F)F)Cc1ccc(-c2ccccc2)cn1.O=C(O)[C@H](CCN(CCCCc1ccc2c(n1)NCCC2)CCOCC(F)F)Nc1ccc(Br)cn1.OB(O)c1ccccc1. The molecule has 35 heteroatoms. The summed E-state index contributed by atoms with van der Waals surface area (Å²) >= 11 is 6.43. The molecule has 3 aliphatic heterocycles. The van der Waals surface area contributed by atoms with E-state index < -0.39 is 88.1 Å². The first kappa shape index (κ1) is 101. The highest BCUT2D eigenvalue weighted by Crippen LogP contribution is 2.26. The van der Waals surface area contributed by atoms with Gasteiger partial charge in [-0.25, -0.2) is 56.1 Å². The molecular formula is C88H116BBr2F7N14O11. The van der Waals surface area contributed by atoms with Gasteiger partial charge in [-0.3, -0.25) is 14.6 Å². The average molecular weight is 1850 g/mol. The van der Waals surface area contributed by atoms with Gasteiger partial charge in [-0.1, -0.05) is 84.9 Å². The number of fused-ring (bicyclic) bond motifs is 3. The van der Waals surface area contributed by atoms with Crippen LogP contribution in [0.3, 0.4) is 0 Å². The first-order valence-electron chi connectivity index (χ1n) is 41.9. The van der Waals surface area contributed by atoms with Gasteiger partial charge >= 0.3 is 25.0 Å². The number of hydrogen-bond donors (Lipinski definition) is 10. The third-order valence-electron chi connectivity index (χ3n) is 20.2. The van der Waals surface area contributed by atoms with E-state index in [1.165, 1.54) is 29.0 Å². The Balaban J connectivity index is 0.000000232. The second-order valence-electron chi connectivity index (χ2n) is 29.8. The number of alkyl halides is 6. The van der Waals surface area contributed by atoms with Gasteiger partial charge in [-0.15, -0.1) is 0 Å². The predicted molar refractivity (Wildman–Crippen MR) is 471 cm³/mol. The molecule has 670 valence electrons. The molecule has 0 aliphatic carbocycles. The van der Waals surface area contributed by atoms with Gasteiger partial charge < -0.3 is 81.3 Å². The van der Waals surface area contributed by atoms with E-state index in [0.717, 1.165) is 189 Å². The number of nitrogens with one attached hydrogen (secondary N) is 4. The zero-order chi connectivity index (χ0) is 88.4. The van der Waals surface area contributed by atoms with Crippen LogP contribution in [0.25, 0.3) is 11.1 Å². The number of halogens is 9. The van der Waals surface area contributed by atoms with Gasteiger partial charge in [0.1, 0.15) is 55.2 Å². The Labute approximate surface area is 732 Å². The Bertz CT molecular complexity index is 4260. The molecule has 123 heavy (non-hydrogen) atoms. The zero-order valence-electron chi connectivity index (χ0n) is 69.3. The number of carbonyl (C=O) groups is 3. The number of rotatable bonds is 48. The van der Waals surface area contributed by atoms with Crippen molar-refractivity contribution in [2.75, 3.05) is 139 Å². The fourth-order valence-corrected chi connectivity index (χ4v) is 13.9. The number of carboxylic acids is 3. The number of carboxylic acid groups (broad SMARTS) is 3. The standard InChI is InChI=1S/C32H40F2N4O3.C25H34BrF2N5O3.C20H32F2N4O3.C6H7BO2.C5H3BrFN/c33-30(34)23-41-20-19-38(17-5-4-10-28-13-11-25-9-6-16-35-31(25)37-28)18-15-26(32(39)40)21-29-14-12-27(22-36-29)24-7-2-1-3-8-24;26-19-7-9-23(30-16-19)32-21(25(34)35)10-13-33(14-15-36-17-22(27)28)12-2-1-5-20-8-6-18-4-3-11-29-24(18)31-20;21-18(22)14-29-13-12-26(11-8-17(23)20(27)28)10-2-1-5-16-7-6-15-4-3-9-24-19(15)25-16;8-7(9)6-4-2-1-3-5-6;6-4-1-2-5(7)8-3-4/h1-3,7-8,11-14,22,26,30H,4-6,9-10,15-21,23H2,(H,35,37)(H,39,40);6-9,16,21-22H,1-5,10-15,17H2,(H,29,31)(H,30,32)(H,34,35);6-7,17-18H,1-5,8-14,23H2,(H,24,25)(H,27,28);1-5,8-9H;1-3H/t26-;21-;17-;;/m100../s1. The molecule has 0 saturated heterocycles. The van der Waals surface area contributed by atoms with E-state index in [4.69, 9.17) is 45.1 Å². The van der Waals surface area contributed by atoms with Crippen molar-refractivity contribution in [3.8, 4) is 11.1 Å². The van der Waals surface area contributed by atoms with E-state index in [2.05, 4.69) is 119 Å². The molecule has 0 amide bonds. The molecule has 3 atom stereocenters.